The number of rotatable bonds is 6. The van der Waals surface area contributed by atoms with E-state index in [-0.39, 0.29) is 12.7 Å². The molecule has 1 atom stereocenters. The lowest BCUT2D eigenvalue weighted by atomic mass is 10.0. The van der Waals surface area contributed by atoms with Crippen LogP contribution < -0.4 is 4.90 Å². The molecule has 0 saturated carbocycles. The number of hydrogen-bond donors (Lipinski definition) is 0. The second-order valence-electron chi connectivity index (χ2n) is 12.1. The van der Waals surface area contributed by atoms with E-state index in [0.29, 0.717) is 52.8 Å². The van der Waals surface area contributed by atoms with Crippen LogP contribution in [0.25, 0.3) is 22.0 Å². The molecular formula is C32H36Cl2N6O4. The number of nitrogens with zero attached hydrogens (tertiary/aromatic N) is 6. The van der Waals surface area contributed by atoms with Gasteiger partial charge in [0.2, 0.25) is 0 Å². The summed E-state index contributed by atoms with van der Waals surface area (Å²) in [6.07, 6.45) is 5.08. The van der Waals surface area contributed by atoms with Crippen LogP contribution in [0.1, 0.15) is 51.5 Å². The Morgan fingerprint density at radius 1 is 1.05 bits per heavy atom. The normalized spacial score (nSPS) is 15.9. The summed E-state index contributed by atoms with van der Waals surface area (Å²) in [7, 11) is 0. The van der Waals surface area contributed by atoms with Crippen LogP contribution in [0.15, 0.2) is 42.9 Å². The van der Waals surface area contributed by atoms with Crippen LogP contribution in [0.3, 0.4) is 0 Å². The number of carbonyl (C=O) groups excluding carboxylic acids is 2. The SMILES string of the molecule is CCOC(=O)C(c1ncn2c1CCC2)n1cc2c(Cl)cc(-c3ccc(N4CCN(C(=O)OC(C)(C)C)CC4)cc3)c(Cl)c2n1. The van der Waals surface area contributed by atoms with E-state index in [1.54, 1.807) is 29.0 Å². The summed E-state index contributed by atoms with van der Waals surface area (Å²) in [5.41, 5.74) is 4.33. The lowest BCUT2D eigenvalue weighted by Gasteiger charge is -2.36. The first-order valence-corrected chi connectivity index (χ1v) is 15.7. The lowest BCUT2D eigenvalue weighted by molar-refractivity contribution is -0.146. The molecule has 1 saturated heterocycles. The summed E-state index contributed by atoms with van der Waals surface area (Å²) in [5, 5.41) is 6.34. The Kier molecular flexibility index (Phi) is 8.24. The molecule has 2 aromatic heterocycles. The van der Waals surface area contributed by atoms with Crippen LogP contribution in [0, 0.1) is 0 Å². The average molecular weight is 640 g/mol. The first-order valence-electron chi connectivity index (χ1n) is 14.9. The van der Waals surface area contributed by atoms with Gasteiger partial charge >= 0.3 is 12.1 Å². The third-order valence-electron chi connectivity index (χ3n) is 8.00. The van der Waals surface area contributed by atoms with Crippen LogP contribution in [0.4, 0.5) is 10.5 Å². The molecule has 1 amide bonds. The van der Waals surface area contributed by atoms with Crippen molar-refractivity contribution < 1.29 is 19.1 Å². The third-order valence-corrected chi connectivity index (χ3v) is 8.70. The van der Waals surface area contributed by atoms with E-state index < -0.39 is 17.6 Å². The Hall–Kier alpha value is -3.76. The number of aromatic nitrogens is 4. The Morgan fingerprint density at radius 3 is 2.45 bits per heavy atom. The summed E-state index contributed by atoms with van der Waals surface area (Å²) < 4.78 is 14.6. The molecule has 0 radical (unpaired) electrons. The quantitative estimate of drug-likeness (QED) is 0.227. The number of fused-ring (bicyclic) bond motifs is 2. The van der Waals surface area contributed by atoms with Crippen molar-refractivity contribution in [2.24, 2.45) is 0 Å². The van der Waals surface area contributed by atoms with Gasteiger partial charge in [-0.25, -0.2) is 14.6 Å². The number of hydrogen-bond acceptors (Lipinski definition) is 7. The predicted molar refractivity (Wildman–Crippen MR) is 171 cm³/mol. The van der Waals surface area contributed by atoms with Crippen molar-refractivity contribution >= 4 is 51.9 Å². The minimum atomic E-state index is -0.845. The minimum absolute atomic E-state index is 0.243. The number of ether oxygens (including phenoxy) is 2. The van der Waals surface area contributed by atoms with Crippen LogP contribution in [0.5, 0.6) is 0 Å². The monoisotopic (exact) mass is 638 g/mol. The molecule has 6 rings (SSSR count). The Balaban J connectivity index is 1.25. The van der Waals surface area contributed by atoms with Crippen molar-refractivity contribution in [3.8, 4) is 11.1 Å². The highest BCUT2D eigenvalue weighted by Gasteiger charge is 2.33. The molecule has 4 aromatic rings. The highest BCUT2D eigenvalue weighted by Crippen LogP contribution is 2.40. The molecule has 10 nitrogen and oxygen atoms in total. The summed E-state index contributed by atoms with van der Waals surface area (Å²) >= 11 is 13.8. The molecule has 2 aliphatic heterocycles. The van der Waals surface area contributed by atoms with Gasteiger partial charge in [0.25, 0.3) is 0 Å². The van der Waals surface area contributed by atoms with Gasteiger partial charge in [0.15, 0.2) is 6.04 Å². The summed E-state index contributed by atoms with van der Waals surface area (Å²) in [6.45, 7) is 11.1. The summed E-state index contributed by atoms with van der Waals surface area (Å²) in [5.74, 6) is -0.427. The van der Waals surface area contributed by atoms with E-state index in [1.807, 2.05) is 51.1 Å². The molecule has 4 heterocycles. The molecule has 1 unspecified atom stereocenters. The maximum atomic E-state index is 13.2. The van der Waals surface area contributed by atoms with Crippen molar-refractivity contribution in [1.29, 1.82) is 0 Å². The second kappa shape index (κ2) is 12.0. The zero-order valence-electron chi connectivity index (χ0n) is 25.3. The number of aryl methyl sites for hydroxylation is 1. The van der Waals surface area contributed by atoms with Gasteiger partial charge in [0, 0.05) is 61.3 Å². The molecule has 1 fully saturated rings. The third kappa shape index (κ3) is 5.85. The van der Waals surface area contributed by atoms with Gasteiger partial charge in [-0.3, -0.25) is 4.68 Å². The molecule has 44 heavy (non-hydrogen) atoms. The molecule has 2 aromatic carbocycles. The second-order valence-corrected chi connectivity index (χ2v) is 12.9. The number of amides is 1. The Bertz CT molecular complexity index is 1700. The van der Waals surface area contributed by atoms with E-state index in [4.69, 9.17) is 37.8 Å². The average Bonchev–Trinajstić information content (AvgIpc) is 3.73. The Morgan fingerprint density at radius 2 is 1.77 bits per heavy atom. The number of anilines is 1. The predicted octanol–water partition coefficient (Wildman–Crippen LogP) is 6.36. The van der Waals surface area contributed by atoms with Crippen molar-refractivity contribution in [2.45, 2.75) is 58.7 Å². The van der Waals surface area contributed by atoms with Crippen molar-refractivity contribution in [2.75, 3.05) is 37.7 Å². The first kappa shape index (κ1) is 30.3. The van der Waals surface area contributed by atoms with Gasteiger partial charge in [-0.1, -0.05) is 35.3 Å². The molecule has 2 aliphatic rings. The van der Waals surface area contributed by atoms with Crippen LogP contribution >= 0.6 is 23.2 Å². The fourth-order valence-corrected chi connectivity index (χ4v) is 6.44. The fraction of sp³-hybridized carbons (Fsp3) is 0.438. The van der Waals surface area contributed by atoms with Gasteiger partial charge in [-0.05, 0) is 64.3 Å². The minimum Gasteiger partial charge on any atom is -0.464 e. The van der Waals surface area contributed by atoms with E-state index in [0.717, 1.165) is 41.9 Å². The van der Waals surface area contributed by atoms with Crippen molar-refractivity contribution in [3.63, 3.8) is 0 Å². The fourth-order valence-electron chi connectivity index (χ4n) is 5.89. The zero-order valence-corrected chi connectivity index (χ0v) is 26.9. The van der Waals surface area contributed by atoms with E-state index in [9.17, 15) is 9.59 Å². The topological polar surface area (TPSA) is 94.7 Å². The molecule has 0 spiro atoms. The smallest absolute Gasteiger partial charge is 0.410 e. The van der Waals surface area contributed by atoms with Crippen molar-refractivity contribution in [3.05, 3.63) is 64.3 Å². The largest absolute Gasteiger partial charge is 0.464 e. The number of piperazine rings is 1. The van der Waals surface area contributed by atoms with Crippen LogP contribution in [0.2, 0.25) is 10.0 Å². The highest BCUT2D eigenvalue weighted by molar-refractivity contribution is 6.42. The maximum Gasteiger partial charge on any atom is 0.410 e. The van der Waals surface area contributed by atoms with Gasteiger partial charge in [-0.15, -0.1) is 0 Å². The van der Waals surface area contributed by atoms with Gasteiger partial charge < -0.3 is 23.8 Å². The number of halogens is 2. The van der Waals surface area contributed by atoms with E-state index in [2.05, 4.69) is 14.5 Å². The Labute approximate surface area is 266 Å². The number of carbonyl (C=O) groups is 2. The van der Waals surface area contributed by atoms with Gasteiger partial charge in [0.1, 0.15) is 11.1 Å². The van der Waals surface area contributed by atoms with Crippen LogP contribution in [-0.2, 0) is 27.2 Å². The van der Waals surface area contributed by atoms with Gasteiger partial charge in [0.05, 0.1) is 28.7 Å². The lowest BCUT2D eigenvalue weighted by Crippen LogP contribution is -2.50. The molecule has 0 bridgehead atoms. The molecule has 0 aliphatic carbocycles. The van der Waals surface area contributed by atoms with Crippen molar-refractivity contribution in [1.82, 2.24) is 24.2 Å². The first-order chi connectivity index (χ1) is 21.0. The van der Waals surface area contributed by atoms with E-state index >= 15 is 0 Å². The zero-order chi connectivity index (χ0) is 31.2. The summed E-state index contributed by atoms with van der Waals surface area (Å²) in [6, 6.07) is 9.09. The summed E-state index contributed by atoms with van der Waals surface area (Å²) in [4.78, 5) is 34.2. The van der Waals surface area contributed by atoms with Crippen LogP contribution in [-0.4, -0.2) is 74.7 Å². The standard InChI is InChI=1S/C32H36Cl2N6O4/c1-5-43-30(41)29(28-25-7-6-12-39(25)19-35-28)40-18-23-24(33)17-22(26(34)27(23)36-40)20-8-10-21(11-9-20)37-13-15-38(16-14-37)31(42)44-32(2,3)4/h8-11,17-19,29H,5-7,12-16H2,1-4H3. The maximum absolute atomic E-state index is 13.2. The molecule has 0 N–H and O–H groups in total. The number of benzene rings is 2. The van der Waals surface area contributed by atoms with E-state index in [1.165, 1.54) is 0 Å². The van der Waals surface area contributed by atoms with Gasteiger partial charge in [-0.2, -0.15) is 5.10 Å². The number of imidazole rings is 1. The number of esters is 1. The molecule has 232 valence electrons. The molecule has 12 heteroatoms. The highest BCUT2D eigenvalue weighted by atomic mass is 35.5. The molecular weight excluding hydrogens is 603 g/mol.